The summed E-state index contributed by atoms with van der Waals surface area (Å²) in [6.07, 6.45) is 3.30. The summed E-state index contributed by atoms with van der Waals surface area (Å²) in [6, 6.07) is 14.3. The van der Waals surface area contributed by atoms with Crippen molar-refractivity contribution >= 4 is 17.6 Å². The zero-order valence-electron chi connectivity index (χ0n) is 20.7. The highest BCUT2D eigenvalue weighted by atomic mass is 16.5. The second-order valence-corrected chi connectivity index (χ2v) is 8.85. The number of nitrogens with one attached hydrogen (secondary N) is 1. The molecule has 2 heterocycles. The molecule has 0 radical (unpaired) electrons. The quantitative estimate of drug-likeness (QED) is 0.324. The summed E-state index contributed by atoms with van der Waals surface area (Å²) in [7, 11) is 1.63. The van der Waals surface area contributed by atoms with Gasteiger partial charge < -0.3 is 19.3 Å². The number of nitrogens with zero attached hydrogens (tertiary/aromatic N) is 3. The first-order chi connectivity index (χ1) is 17.6. The number of hydrogen-bond acceptors (Lipinski definition) is 8. The van der Waals surface area contributed by atoms with Crippen molar-refractivity contribution in [1.82, 2.24) is 15.0 Å². The molecule has 1 fully saturated rings. The van der Waals surface area contributed by atoms with E-state index in [4.69, 9.17) is 14.0 Å². The van der Waals surface area contributed by atoms with Crippen LogP contribution in [0.4, 0.5) is 5.69 Å². The number of carbonyl (C=O) groups excluding carboxylic acids is 2. The lowest BCUT2D eigenvalue weighted by molar-refractivity contribution is -0.121. The number of amides is 1. The SMILES string of the molecule is CCCCOC(=O)c1ccc(NC(=O)C2CCN(Cc3nc(-c4ccc(OC)cc4)no3)CC2)cc1. The molecular weight excluding hydrogens is 460 g/mol. The minimum absolute atomic E-state index is 0.00694. The van der Waals surface area contributed by atoms with E-state index in [1.54, 1.807) is 31.4 Å². The number of ether oxygens (including phenoxy) is 2. The Hall–Kier alpha value is -3.72. The summed E-state index contributed by atoms with van der Waals surface area (Å²) in [5.41, 5.74) is 2.01. The molecular formula is C27H32N4O5. The Morgan fingerprint density at radius 3 is 2.47 bits per heavy atom. The molecule has 4 rings (SSSR count). The number of methoxy groups -OCH3 is 1. The van der Waals surface area contributed by atoms with E-state index in [-0.39, 0.29) is 17.8 Å². The molecule has 1 aliphatic rings. The Balaban J connectivity index is 1.22. The average Bonchev–Trinajstić information content (AvgIpc) is 3.38. The Bertz CT molecular complexity index is 1140. The fraction of sp³-hybridized carbons (Fsp3) is 0.407. The van der Waals surface area contributed by atoms with Gasteiger partial charge in [-0.1, -0.05) is 18.5 Å². The maximum atomic E-state index is 12.8. The monoisotopic (exact) mass is 492 g/mol. The lowest BCUT2D eigenvalue weighted by Gasteiger charge is -2.30. The number of unbranched alkanes of at least 4 members (excludes halogenated alkanes) is 1. The van der Waals surface area contributed by atoms with Gasteiger partial charge in [0.1, 0.15) is 5.75 Å². The van der Waals surface area contributed by atoms with Gasteiger partial charge in [0.2, 0.25) is 17.6 Å². The van der Waals surface area contributed by atoms with Crippen LogP contribution in [-0.2, 0) is 16.1 Å². The third-order valence-electron chi connectivity index (χ3n) is 6.25. The fourth-order valence-electron chi connectivity index (χ4n) is 4.05. The van der Waals surface area contributed by atoms with Crippen molar-refractivity contribution < 1.29 is 23.6 Å². The smallest absolute Gasteiger partial charge is 0.338 e. The van der Waals surface area contributed by atoms with Crippen LogP contribution in [0.3, 0.4) is 0 Å². The number of likely N-dealkylation sites (tertiary alicyclic amines) is 1. The van der Waals surface area contributed by atoms with Gasteiger partial charge in [-0.05, 0) is 80.9 Å². The van der Waals surface area contributed by atoms with Crippen molar-refractivity contribution in [2.45, 2.75) is 39.2 Å². The summed E-state index contributed by atoms with van der Waals surface area (Å²) < 4.78 is 15.8. The molecule has 36 heavy (non-hydrogen) atoms. The number of carbonyl (C=O) groups is 2. The van der Waals surface area contributed by atoms with E-state index in [2.05, 4.69) is 20.4 Å². The Morgan fingerprint density at radius 1 is 1.08 bits per heavy atom. The van der Waals surface area contributed by atoms with Crippen LogP contribution in [0.25, 0.3) is 11.4 Å². The molecule has 190 valence electrons. The largest absolute Gasteiger partial charge is 0.497 e. The van der Waals surface area contributed by atoms with Gasteiger partial charge in [0.15, 0.2) is 0 Å². The number of aromatic nitrogens is 2. The van der Waals surface area contributed by atoms with Gasteiger partial charge in [0.25, 0.3) is 0 Å². The van der Waals surface area contributed by atoms with E-state index < -0.39 is 0 Å². The lowest BCUT2D eigenvalue weighted by atomic mass is 9.96. The Kier molecular flexibility index (Phi) is 8.67. The molecule has 0 unspecified atom stereocenters. The van der Waals surface area contributed by atoms with Crippen molar-refractivity contribution in [2.24, 2.45) is 5.92 Å². The van der Waals surface area contributed by atoms with E-state index in [1.165, 1.54) is 0 Å². The molecule has 9 nitrogen and oxygen atoms in total. The Morgan fingerprint density at radius 2 is 1.81 bits per heavy atom. The summed E-state index contributed by atoms with van der Waals surface area (Å²) in [5, 5.41) is 7.05. The average molecular weight is 493 g/mol. The van der Waals surface area contributed by atoms with Gasteiger partial charge in [-0.3, -0.25) is 9.69 Å². The third kappa shape index (κ3) is 6.69. The van der Waals surface area contributed by atoms with E-state index in [0.717, 1.165) is 50.1 Å². The number of hydrogen-bond donors (Lipinski definition) is 1. The molecule has 1 N–H and O–H groups in total. The molecule has 0 spiro atoms. The van der Waals surface area contributed by atoms with Gasteiger partial charge in [-0.15, -0.1) is 0 Å². The summed E-state index contributed by atoms with van der Waals surface area (Å²) in [5.74, 6) is 1.45. The molecule has 0 bridgehead atoms. The normalized spacial score (nSPS) is 14.4. The molecule has 9 heteroatoms. The van der Waals surface area contributed by atoms with Crippen LogP contribution in [0.1, 0.15) is 48.9 Å². The standard InChI is InChI=1S/C27H32N4O5/c1-3-4-17-35-27(33)21-5-9-22(10-6-21)28-26(32)20-13-15-31(16-14-20)18-24-29-25(30-36-24)19-7-11-23(34-2)12-8-19/h5-12,20H,3-4,13-18H2,1-2H3,(H,28,32). The zero-order valence-corrected chi connectivity index (χ0v) is 20.7. The van der Waals surface area contributed by atoms with Crippen LogP contribution < -0.4 is 10.1 Å². The topological polar surface area (TPSA) is 107 Å². The van der Waals surface area contributed by atoms with Crippen molar-refractivity contribution in [3.63, 3.8) is 0 Å². The van der Waals surface area contributed by atoms with Gasteiger partial charge in [-0.2, -0.15) is 4.98 Å². The first-order valence-electron chi connectivity index (χ1n) is 12.3. The number of piperidine rings is 1. The first kappa shape index (κ1) is 25.4. The van der Waals surface area contributed by atoms with Crippen LogP contribution in [-0.4, -0.2) is 53.7 Å². The molecule has 1 aliphatic heterocycles. The molecule has 1 saturated heterocycles. The molecule has 0 saturated carbocycles. The lowest BCUT2D eigenvalue weighted by Crippen LogP contribution is -2.37. The summed E-state index contributed by atoms with van der Waals surface area (Å²) >= 11 is 0. The second-order valence-electron chi connectivity index (χ2n) is 8.85. The van der Waals surface area contributed by atoms with Crippen LogP contribution in [0.15, 0.2) is 53.1 Å². The Labute approximate surface area is 210 Å². The maximum Gasteiger partial charge on any atom is 0.338 e. The minimum Gasteiger partial charge on any atom is -0.497 e. The van der Waals surface area contributed by atoms with Crippen molar-refractivity contribution in [2.75, 3.05) is 32.1 Å². The van der Waals surface area contributed by atoms with Gasteiger partial charge in [-0.25, -0.2) is 4.79 Å². The maximum absolute atomic E-state index is 12.8. The first-order valence-corrected chi connectivity index (χ1v) is 12.3. The summed E-state index contributed by atoms with van der Waals surface area (Å²) in [4.78, 5) is 31.5. The molecule has 1 aromatic heterocycles. The predicted octanol–water partition coefficient (Wildman–Crippen LogP) is 4.55. The van der Waals surface area contributed by atoms with Crippen LogP contribution in [0, 0.1) is 5.92 Å². The minimum atomic E-state index is -0.342. The second kappa shape index (κ2) is 12.3. The zero-order chi connectivity index (χ0) is 25.3. The summed E-state index contributed by atoms with van der Waals surface area (Å²) in [6.45, 7) is 4.54. The van der Waals surface area contributed by atoms with E-state index in [1.807, 2.05) is 31.2 Å². The third-order valence-corrected chi connectivity index (χ3v) is 6.25. The van der Waals surface area contributed by atoms with Gasteiger partial charge >= 0.3 is 5.97 Å². The molecule has 1 amide bonds. The number of anilines is 1. The molecule has 2 aromatic carbocycles. The van der Waals surface area contributed by atoms with E-state index >= 15 is 0 Å². The van der Waals surface area contributed by atoms with Crippen LogP contribution >= 0.6 is 0 Å². The predicted molar refractivity (Wildman–Crippen MR) is 135 cm³/mol. The number of benzene rings is 2. The number of rotatable bonds is 10. The van der Waals surface area contributed by atoms with Crippen molar-refractivity contribution in [3.05, 3.63) is 60.0 Å². The number of esters is 1. The fourth-order valence-corrected chi connectivity index (χ4v) is 4.05. The van der Waals surface area contributed by atoms with Gasteiger partial charge in [0, 0.05) is 17.2 Å². The highest BCUT2D eigenvalue weighted by molar-refractivity contribution is 5.94. The van der Waals surface area contributed by atoms with Crippen LogP contribution in [0.2, 0.25) is 0 Å². The molecule has 3 aromatic rings. The van der Waals surface area contributed by atoms with Crippen LogP contribution in [0.5, 0.6) is 5.75 Å². The van der Waals surface area contributed by atoms with Gasteiger partial charge in [0.05, 0.1) is 25.8 Å². The highest BCUT2D eigenvalue weighted by Crippen LogP contribution is 2.23. The molecule has 0 atom stereocenters. The van der Waals surface area contributed by atoms with E-state index in [9.17, 15) is 9.59 Å². The van der Waals surface area contributed by atoms with E-state index in [0.29, 0.717) is 36.1 Å². The van der Waals surface area contributed by atoms with Crippen molar-refractivity contribution in [1.29, 1.82) is 0 Å². The molecule has 0 aliphatic carbocycles. The highest BCUT2D eigenvalue weighted by Gasteiger charge is 2.26. The van der Waals surface area contributed by atoms with Crippen molar-refractivity contribution in [3.8, 4) is 17.1 Å².